The van der Waals surface area contributed by atoms with Crippen LogP contribution in [0.3, 0.4) is 0 Å². The van der Waals surface area contributed by atoms with Crippen molar-refractivity contribution < 1.29 is 4.42 Å². The van der Waals surface area contributed by atoms with Gasteiger partial charge >= 0.3 is 0 Å². The number of hydrogen-bond donors (Lipinski definition) is 0. The Balaban J connectivity index is 1.69. The van der Waals surface area contributed by atoms with E-state index in [1.165, 1.54) is 16.3 Å². The zero-order valence-electron chi connectivity index (χ0n) is 15.2. The van der Waals surface area contributed by atoms with Crippen molar-refractivity contribution in [1.82, 2.24) is 4.57 Å². The summed E-state index contributed by atoms with van der Waals surface area (Å²) in [6.45, 7) is 4.00. The first kappa shape index (κ1) is 15.3. The van der Waals surface area contributed by atoms with E-state index in [1.54, 1.807) is 0 Å². The van der Waals surface area contributed by atoms with Gasteiger partial charge in [-0.3, -0.25) is 0 Å². The lowest BCUT2D eigenvalue weighted by Crippen LogP contribution is -1.84. The van der Waals surface area contributed by atoms with E-state index in [9.17, 15) is 0 Å². The summed E-state index contributed by atoms with van der Waals surface area (Å²) in [7, 11) is 0. The summed E-state index contributed by atoms with van der Waals surface area (Å²) in [5, 5.41) is 4.77. The van der Waals surface area contributed by atoms with Crippen molar-refractivity contribution in [3.8, 4) is 11.1 Å². The Morgan fingerprint density at radius 2 is 1.43 bits per heavy atom. The third kappa shape index (κ3) is 1.97. The molecule has 0 atom stereocenters. The monoisotopic (exact) mass is 359 g/mol. The molecule has 4 aromatic carbocycles. The van der Waals surface area contributed by atoms with Crippen LogP contribution in [0.15, 0.2) is 95.9 Å². The second-order valence-electron chi connectivity index (χ2n) is 7.08. The van der Waals surface area contributed by atoms with Gasteiger partial charge in [-0.05, 0) is 29.8 Å². The molecule has 0 spiro atoms. The molecule has 0 amide bonds. The van der Waals surface area contributed by atoms with Crippen molar-refractivity contribution in [2.24, 2.45) is 0 Å². The number of benzene rings is 4. The minimum absolute atomic E-state index is 0.925. The molecule has 132 valence electrons. The lowest BCUT2D eigenvalue weighted by Gasteiger charge is -2.04. The summed E-state index contributed by atoms with van der Waals surface area (Å²) in [5.41, 5.74) is 6.48. The van der Waals surface area contributed by atoms with Crippen molar-refractivity contribution in [3.05, 3.63) is 91.5 Å². The molecule has 0 fully saturated rings. The third-order valence-electron chi connectivity index (χ3n) is 5.61. The zero-order valence-corrected chi connectivity index (χ0v) is 15.2. The largest absolute Gasteiger partial charge is 0.455 e. The van der Waals surface area contributed by atoms with Crippen LogP contribution < -0.4 is 0 Å². The van der Waals surface area contributed by atoms with Gasteiger partial charge in [-0.15, -0.1) is 0 Å². The van der Waals surface area contributed by atoms with Gasteiger partial charge in [0.05, 0.1) is 11.0 Å². The number of rotatable bonds is 2. The molecule has 0 aliphatic carbocycles. The van der Waals surface area contributed by atoms with Crippen LogP contribution >= 0.6 is 0 Å². The van der Waals surface area contributed by atoms with Crippen LogP contribution in [-0.4, -0.2) is 4.57 Å². The second kappa shape index (κ2) is 5.61. The highest BCUT2D eigenvalue weighted by Crippen LogP contribution is 2.38. The van der Waals surface area contributed by atoms with Crippen LogP contribution in [-0.2, 0) is 0 Å². The van der Waals surface area contributed by atoms with Gasteiger partial charge in [0.1, 0.15) is 11.2 Å². The smallest absolute Gasteiger partial charge is 0.143 e. The van der Waals surface area contributed by atoms with Crippen molar-refractivity contribution in [2.45, 2.75) is 0 Å². The molecule has 0 saturated carbocycles. The summed E-state index contributed by atoms with van der Waals surface area (Å²) >= 11 is 0. The zero-order chi connectivity index (χ0) is 18.7. The van der Waals surface area contributed by atoms with Gasteiger partial charge in [0.25, 0.3) is 0 Å². The topological polar surface area (TPSA) is 18.1 Å². The highest BCUT2D eigenvalue weighted by molar-refractivity contribution is 6.13. The molecule has 6 aromatic rings. The van der Waals surface area contributed by atoms with Crippen LogP contribution in [0.2, 0.25) is 0 Å². The molecule has 0 N–H and O–H groups in total. The van der Waals surface area contributed by atoms with E-state index in [4.69, 9.17) is 4.42 Å². The molecule has 2 nitrogen and oxygen atoms in total. The van der Waals surface area contributed by atoms with Crippen molar-refractivity contribution in [2.75, 3.05) is 0 Å². The Hall–Kier alpha value is -3.78. The van der Waals surface area contributed by atoms with E-state index < -0.39 is 0 Å². The first-order chi connectivity index (χ1) is 13.8. The molecule has 2 heteroatoms. The molecule has 0 saturated heterocycles. The highest BCUT2D eigenvalue weighted by atomic mass is 16.3. The van der Waals surface area contributed by atoms with Crippen molar-refractivity contribution in [3.63, 3.8) is 0 Å². The lowest BCUT2D eigenvalue weighted by atomic mass is 10.0. The Kier molecular flexibility index (Phi) is 3.06. The van der Waals surface area contributed by atoms with Crippen LogP contribution in [0.1, 0.15) is 0 Å². The first-order valence-corrected chi connectivity index (χ1v) is 9.41. The third-order valence-corrected chi connectivity index (χ3v) is 5.61. The quantitative estimate of drug-likeness (QED) is 0.314. The fraction of sp³-hybridized carbons (Fsp3) is 0. The highest BCUT2D eigenvalue weighted by Gasteiger charge is 2.14. The summed E-state index contributed by atoms with van der Waals surface area (Å²) in [4.78, 5) is 0. The van der Waals surface area contributed by atoms with E-state index in [2.05, 4.69) is 83.9 Å². The van der Waals surface area contributed by atoms with Gasteiger partial charge in [0.2, 0.25) is 0 Å². The Morgan fingerprint density at radius 3 is 2.32 bits per heavy atom. The Morgan fingerprint density at radius 1 is 0.679 bits per heavy atom. The average molecular weight is 359 g/mol. The molecule has 28 heavy (non-hydrogen) atoms. The van der Waals surface area contributed by atoms with Gasteiger partial charge in [-0.2, -0.15) is 0 Å². The van der Waals surface area contributed by atoms with Gasteiger partial charge in [-0.1, -0.05) is 67.2 Å². The molecule has 0 aliphatic heterocycles. The van der Waals surface area contributed by atoms with Gasteiger partial charge in [0, 0.05) is 33.3 Å². The SMILES string of the molecule is C=Cn1c2ccccc2c2cc(-c3cccc4c3oc3ccccc34)ccc21. The standard InChI is InChI=1S/C26H17NO/c1-2-27-23-12-5-3-8-19(23)22-16-17(14-15-24(22)27)18-10-7-11-21-20-9-4-6-13-25(20)28-26(18)21/h2-16H,1H2. The van der Waals surface area contributed by atoms with Crippen LogP contribution in [0.25, 0.3) is 61.1 Å². The second-order valence-corrected chi connectivity index (χ2v) is 7.08. The first-order valence-electron chi connectivity index (χ1n) is 9.41. The normalized spacial score (nSPS) is 11.7. The Bertz CT molecular complexity index is 1530. The van der Waals surface area contributed by atoms with Crippen LogP contribution in [0, 0.1) is 0 Å². The predicted octanol–water partition coefficient (Wildman–Crippen LogP) is 7.46. The van der Waals surface area contributed by atoms with Gasteiger partial charge < -0.3 is 8.98 Å². The minimum Gasteiger partial charge on any atom is -0.455 e. The van der Waals surface area contributed by atoms with E-state index in [0.29, 0.717) is 0 Å². The lowest BCUT2D eigenvalue weighted by molar-refractivity contribution is 0.670. The summed E-state index contributed by atoms with van der Waals surface area (Å²) in [6, 6.07) is 29.7. The molecular formula is C26H17NO. The molecule has 6 rings (SSSR count). The molecular weight excluding hydrogens is 342 g/mol. The molecule has 0 aliphatic rings. The van der Waals surface area contributed by atoms with E-state index >= 15 is 0 Å². The number of aromatic nitrogens is 1. The maximum atomic E-state index is 6.24. The number of para-hydroxylation sites is 3. The van der Waals surface area contributed by atoms with Gasteiger partial charge in [-0.25, -0.2) is 0 Å². The molecule has 0 bridgehead atoms. The number of furan rings is 1. The molecule has 2 heterocycles. The van der Waals surface area contributed by atoms with E-state index in [0.717, 1.165) is 38.6 Å². The number of nitrogens with zero attached hydrogens (tertiary/aromatic N) is 1. The Labute approximate surface area is 161 Å². The maximum absolute atomic E-state index is 6.24. The molecule has 0 unspecified atom stereocenters. The number of hydrogen-bond acceptors (Lipinski definition) is 1. The summed E-state index contributed by atoms with van der Waals surface area (Å²) < 4.78 is 8.39. The minimum atomic E-state index is 0.925. The van der Waals surface area contributed by atoms with Gasteiger partial charge in [0.15, 0.2) is 0 Å². The molecule has 2 aromatic heterocycles. The fourth-order valence-electron chi connectivity index (χ4n) is 4.34. The maximum Gasteiger partial charge on any atom is 0.143 e. The summed E-state index contributed by atoms with van der Waals surface area (Å²) in [5.74, 6) is 0. The number of fused-ring (bicyclic) bond motifs is 6. The van der Waals surface area contributed by atoms with Crippen molar-refractivity contribution in [1.29, 1.82) is 0 Å². The fourth-order valence-corrected chi connectivity index (χ4v) is 4.34. The average Bonchev–Trinajstić information content (AvgIpc) is 3.28. The van der Waals surface area contributed by atoms with E-state index in [-0.39, 0.29) is 0 Å². The molecule has 0 radical (unpaired) electrons. The van der Waals surface area contributed by atoms with Crippen LogP contribution in [0.5, 0.6) is 0 Å². The van der Waals surface area contributed by atoms with E-state index in [1.807, 2.05) is 18.3 Å². The predicted molar refractivity (Wildman–Crippen MR) is 119 cm³/mol. The summed E-state index contributed by atoms with van der Waals surface area (Å²) in [6.07, 6.45) is 1.88. The van der Waals surface area contributed by atoms with Crippen LogP contribution in [0.4, 0.5) is 0 Å². The van der Waals surface area contributed by atoms with Crippen molar-refractivity contribution >= 4 is 49.9 Å².